The van der Waals surface area contributed by atoms with Crippen LogP contribution in [0.15, 0.2) is 10.5 Å². The van der Waals surface area contributed by atoms with Crippen LogP contribution < -0.4 is 11.3 Å². The van der Waals surface area contributed by atoms with Gasteiger partial charge in [0.2, 0.25) is 0 Å². The summed E-state index contributed by atoms with van der Waals surface area (Å²) in [6.45, 7) is 6.96. The van der Waals surface area contributed by atoms with Gasteiger partial charge in [-0.05, 0) is 26.8 Å². The minimum Gasteiger partial charge on any atom is -0.463 e. The molecule has 1 rings (SSSR count). The SMILES string of the molecule is Cc1oc(COCCOC(C)C)cc1C(=O)NN. The molecular formula is C12H20N2O4. The summed E-state index contributed by atoms with van der Waals surface area (Å²) in [6.07, 6.45) is 0.194. The number of ether oxygens (including phenoxy) is 2. The van der Waals surface area contributed by atoms with Crippen molar-refractivity contribution in [3.63, 3.8) is 0 Å². The molecule has 0 aliphatic rings. The summed E-state index contributed by atoms with van der Waals surface area (Å²) in [7, 11) is 0. The van der Waals surface area contributed by atoms with Gasteiger partial charge in [0.15, 0.2) is 0 Å². The van der Waals surface area contributed by atoms with Gasteiger partial charge in [0, 0.05) is 0 Å². The molecule has 0 radical (unpaired) electrons. The largest absolute Gasteiger partial charge is 0.463 e. The molecule has 3 N–H and O–H groups in total. The van der Waals surface area contributed by atoms with Crippen LogP contribution in [-0.2, 0) is 16.1 Å². The van der Waals surface area contributed by atoms with E-state index in [1.54, 1.807) is 13.0 Å². The molecule has 102 valence electrons. The first-order valence-corrected chi connectivity index (χ1v) is 5.84. The standard InChI is InChI=1S/C12H20N2O4/c1-8(2)17-5-4-16-7-10-6-11(9(3)18-10)12(15)14-13/h6,8H,4-5,7,13H2,1-3H3,(H,14,15). The van der Waals surface area contributed by atoms with Gasteiger partial charge in [-0.3, -0.25) is 10.2 Å². The van der Waals surface area contributed by atoms with E-state index >= 15 is 0 Å². The molecule has 0 bridgehead atoms. The quantitative estimate of drug-likeness (QED) is 0.330. The number of nitrogen functional groups attached to an aromatic ring is 1. The van der Waals surface area contributed by atoms with E-state index in [0.717, 1.165) is 0 Å². The Morgan fingerprint density at radius 2 is 2.22 bits per heavy atom. The first kappa shape index (κ1) is 14.7. The van der Waals surface area contributed by atoms with Crippen LogP contribution in [-0.4, -0.2) is 25.2 Å². The van der Waals surface area contributed by atoms with Crippen molar-refractivity contribution in [3.05, 3.63) is 23.2 Å². The van der Waals surface area contributed by atoms with Crippen molar-refractivity contribution in [2.75, 3.05) is 13.2 Å². The third kappa shape index (κ3) is 4.48. The van der Waals surface area contributed by atoms with Gasteiger partial charge < -0.3 is 13.9 Å². The lowest BCUT2D eigenvalue weighted by atomic mass is 10.2. The van der Waals surface area contributed by atoms with E-state index in [-0.39, 0.29) is 12.0 Å². The summed E-state index contributed by atoms with van der Waals surface area (Å²) >= 11 is 0. The maximum absolute atomic E-state index is 11.3. The van der Waals surface area contributed by atoms with Crippen LogP contribution in [0.1, 0.15) is 35.7 Å². The van der Waals surface area contributed by atoms with Crippen LogP contribution in [0.3, 0.4) is 0 Å². The number of aryl methyl sites for hydroxylation is 1. The van der Waals surface area contributed by atoms with Crippen molar-refractivity contribution in [1.29, 1.82) is 0 Å². The highest BCUT2D eigenvalue weighted by Gasteiger charge is 2.13. The number of hydrazine groups is 1. The molecule has 0 aliphatic heterocycles. The number of rotatable bonds is 7. The van der Waals surface area contributed by atoms with Crippen LogP contribution >= 0.6 is 0 Å². The van der Waals surface area contributed by atoms with Crippen LogP contribution in [0, 0.1) is 6.92 Å². The van der Waals surface area contributed by atoms with E-state index in [0.29, 0.717) is 36.9 Å². The number of carbonyl (C=O) groups excluding carboxylic acids is 1. The molecule has 0 aliphatic carbocycles. The van der Waals surface area contributed by atoms with E-state index in [1.165, 1.54) is 0 Å². The molecule has 0 saturated heterocycles. The first-order chi connectivity index (χ1) is 8.54. The van der Waals surface area contributed by atoms with Crippen molar-refractivity contribution in [1.82, 2.24) is 5.43 Å². The van der Waals surface area contributed by atoms with Gasteiger partial charge in [-0.1, -0.05) is 0 Å². The Labute approximate surface area is 106 Å². The lowest BCUT2D eigenvalue weighted by Gasteiger charge is -2.06. The van der Waals surface area contributed by atoms with Gasteiger partial charge >= 0.3 is 0 Å². The van der Waals surface area contributed by atoms with Gasteiger partial charge in [0.1, 0.15) is 18.1 Å². The Bertz CT molecular complexity index is 387. The lowest BCUT2D eigenvalue weighted by Crippen LogP contribution is -2.30. The third-order valence-corrected chi connectivity index (χ3v) is 2.27. The van der Waals surface area contributed by atoms with Crippen LogP contribution in [0.25, 0.3) is 0 Å². The Hall–Kier alpha value is -1.37. The fraction of sp³-hybridized carbons (Fsp3) is 0.583. The Morgan fingerprint density at radius 3 is 2.83 bits per heavy atom. The number of nitrogens with two attached hydrogens (primary N) is 1. The van der Waals surface area contributed by atoms with Gasteiger partial charge in [-0.25, -0.2) is 5.84 Å². The van der Waals surface area contributed by atoms with Crippen molar-refractivity contribution < 1.29 is 18.7 Å². The van der Waals surface area contributed by atoms with E-state index in [2.05, 4.69) is 5.43 Å². The zero-order chi connectivity index (χ0) is 13.5. The molecular weight excluding hydrogens is 236 g/mol. The zero-order valence-corrected chi connectivity index (χ0v) is 11.0. The number of furan rings is 1. The molecule has 6 nitrogen and oxygen atoms in total. The third-order valence-electron chi connectivity index (χ3n) is 2.27. The van der Waals surface area contributed by atoms with Crippen molar-refractivity contribution in [2.24, 2.45) is 5.84 Å². The highest BCUT2D eigenvalue weighted by atomic mass is 16.5. The fourth-order valence-electron chi connectivity index (χ4n) is 1.43. The summed E-state index contributed by atoms with van der Waals surface area (Å²) < 4.78 is 16.1. The molecule has 1 heterocycles. The summed E-state index contributed by atoms with van der Waals surface area (Å²) in [6, 6.07) is 1.63. The first-order valence-electron chi connectivity index (χ1n) is 5.84. The maximum Gasteiger partial charge on any atom is 0.268 e. The van der Waals surface area contributed by atoms with Gasteiger partial charge in [-0.15, -0.1) is 0 Å². The second-order valence-corrected chi connectivity index (χ2v) is 4.13. The highest BCUT2D eigenvalue weighted by Crippen LogP contribution is 2.15. The van der Waals surface area contributed by atoms with E-state index in [9.17, 15) is 4.79 Å². The summed E-state index contributed by atoms with van der Waals surface area (Å²) in [5.41, 5.74) is 2.49. The fourth-order valence-corrected chi connectivity index (χ4v) is 1.43. The Balaban J connectivity index is 2.37. The smallest absolute Gasteiger partial charge is 0.268 e. The molecule has 0 spiro atoms. The normalized spacial score (nSPS) is 10.9. The van der Waals surface area contributed by atoms with E-state index in [1.807, 2.05) is 13.8 Å². The molecule has 0 aromatic carbocycles. The van der Waals surface area contributed by atoms with Crippen molar-refractivity contribution >= 4 is 5.91 Å². The number of nitrogens with one attached hydrogen (secondary N) is 1. The Kier molecular flexibility index (Phi) is 5.84. The van der Waals surface area contributed by atoms with Gasteiger partial charge in [0.25, 0.3) is 5.91 Å². The van der Waals surface area contributed by atoms with Crippen LogP contribution in [0.4, 0.5) is 0 Å². The Morgan fingerprint density at radius 1 is 1.50 bits per heavy atom. The molecule has 6 heteroatoms. The van der Waals surface area contributed by atoms with Crippen molar-refractivity contribution in [3.8, 4) is 0 Å². The van der Waals surface area contributed by atoms with Crippen LogP contribution in [0.2, 0.25) is 0 Å². The average molecular weight is 256 g/mol. The molecule has 0 fully saturated rings. The molecule has 1 aromatic rings. The molecule has 1 amide bonds. The number of hydrogen-bond acceptors (Lipinski definition) is 5. The molecule has 18 heavy (non-hydrogen) atoms. The summed E-state index contributed by atoms with van der Waals surface area (Å²) in [5.74, 6) is 5.81. The van der Waals surface area contributed by atoms with Crippen molar-refractivity contribution in [2.45, 2.75) is 33.5 Å². The minimum absolute atomic E-state index is 0.194. The number of hydrogen-bond donors (Lipinski definition) is 2. The predicted octanol–water partition coefficient (Wildman–Crippen LogP) is 1.13. The zero-order valence-electron chi connectivity index (χ0n) is 11.0. The molecule has 0 atom stereocenters. The molecule has 0 unspecified atom stereocenters. The van der Waals surface area contributed by atoms with Gasteiger partial charge in [0.05, 0.1) is 24.9 Å². The van der Waals surface area contributed by atoms with E-state index < -0.39 is 0 Å². The van der Waals surface area contributed by atoms with E-state index in [4.69, 9.17) is 19.7 Å². The summed E-state index contributed by atoms with van der Waals surface area (Å²) in [4.78, 5) is 11.3. The monoisotopic (exact) mass is 256 g/mol. The molecule has 0 saturated carbocycles. The maximum atomic E-state index is 11.3. The van der Waals surface area contributed by atoms with Crippen LogP contribution in [0.5, 0.6) is 0 Å². The lowest BCUT2D eigenvalue weighted by molar-refractivity contribution is 0.0102. The second-order valence-electron chi connectivity index (χ2n) is 4.13. The summed E-state index contributed by atoms with van der Waals surface area (Å²) in [5, 5.41) is 0. The topological polar surface area (TPSA) is 86.7 Å². The van der Waals surface area contributed by atoms with Gasteiger partial charge in [-0.2, -0.15) is 0 Å². The molecule has 1 aromatic heterocycles. The number of carbonyl (C=O) groups is 1. The minimum atomic E-state index is -0.370. The predicted molar refractivity (Wildman–Crippen MR) is 65.8 cm³/mol. The number of amides is 1. The highest BCUT2D eigenvalue weighted by molar-refractivity contribution is 5.94. The average Bonchev–Trinajstić information content (AvgIpc) is 2.69. The second kappa shape index (κ2) is 7.15.